The second kappa shape index (κ2) is 7.42. The number of benzene rings is 1. The molecule has 3 aromatic rings. The fourth-order valence-electron chi connectivity index (χ4n) is 2.61. The summed E-state index contributed by atoms with van der Waals surface area (Å²) in [6.45, 7) is 0.640. The van der Waals surface area contributed by atoms with Gasteiger partial charge in [-0.2, -0.15) is 0 Å². The third-order valence-corrected chi connectivity index (χ3v) is 3.99. The van der Waals surface area contributed by atoms with E-state index in [1.54, 1.807) is 6.07 Å². The summed E-state index contributed by atoms with van der Waals surface area (Å²) in [5.74, 6) is -0.0352. The number of carbonyl (C=O) groups excluding carboxylic acids is 1. The number of nitrogens with one attached hydrogen (secondary N) is 2. The number of halogens is 1. The normalized spacial score (nSPS) is 12.1. The van der Waals surface area contributed by atoms with Crippen molar-refractivity contribution >= 4 is 34.4 Å². The van der Waals surface area contributed by atoms with E-state index in [2.05, 4.69) is 25.6 Å². The van der Waals surface area contributed by atoms with Crippen molar-refractivity contribution in [3.63, 3.8) is 0 Å². The number of carbonyl (C=O) groups is 1. The summed E-state index contributed by atoms with van der Waals surface area (Å²) in [6.07, 6.45) is 2.90. The van der Waals surface area contributed by atoms with Crippen molar-refractivity contribution in [2.45, 2.75) is 6.04 Å². The van der Waals surface area contributed by atoms with Crippen molar-refractivity contribution in [1.82, 2.24) is 20.3 Å². The highest BCUT2D eigenvalue weighted by Gasteiger charge is 2.16. The Morgan fingerprint density at radius 1 is 1.24 bits per heavy atom. The Kier molecular flexibility index (Phi) is 5.06. The van der Waals surface area contributed by atoms with Gasteiger partial charge in [0.1, 0.15) is 17.4 Å². The van der Waals surface area contributed by atoms with Crippen molar-refractivity contribution < 1.29 is 4.79 Å². The van der Waals surface area contributed by atoms with Crippen LogP contribution in [0, 0.1) is 0 Å². The molecule has 3 rings (SSSR count). The molecule has 1 aromatic carbocycles. The largest absolute Gasteiger partial charge is 0.366 e. The lowest BCUT2D eigenvalue weighted by Gasteiger charge is -2.20. The number of nitrogens with zero attached hydrogens (tertiary/aromatic N) is 3. The molecular formula is C17H17ClN6O. The number of primary amides is 1. The molecular weight excluding hydrogens is 340 g/mol. The van der Waals surface area contributed by atoms with E-state index in [9.17, 15) is 4.79 Å². The Hall–Kier alpha value is -2.77. The number of fused-ring (bicyclic) bond motifs is 1. The summed E-state index contributed by atoms with van der Waals surface area (Å²) in [7, 11) is 1.86. The highest BCUT2D eigenvalue weighted by Crippen LogP contribution is 2.25. The average molecular weight is 357 g/mol. The van der Waals surface area contributed by atoms with Gasteiger partial charge in [0, 0.05) is 17.8 Å². The van der Waals surface area contributed by atoms with Gasteiger partial charge in [0.15, 0.2) is 5.82 Å². The van der Waals surface area contributed by atoms with Crippen LogP contribution in [0.2, 0.25) is 5.02 Å². The molecule has 0 unspecified atom stereocenters. The van der Waals surface area contributed by atoms with Crippen molar-refractivity contribution in [2.24, 2.45) is 5.73 Å². The molecule has 7 nitrogen and oxygen atoms in total. The van der Waals surface area contributed by atoms with Gasteiger partial charge in [-0.25, -0.2) is 9.97 Å². The molecule has 0 bridgehead atoms. The molecule has 0 aliphatic rings. The Morgan fingerprint density at radius 3 is 2.80 bits per heavy atom. The van der Waals surface area contributed by atoms with Crippen LogP contribution in [0.5, 0.6) is 0 Å². The zero-order valence-electron chi connectivity index (χ0n) is 13.5. The van der Waals surface area contributed by atoms with E-state index in [1.807, 2.05) is 31.3 Å². The van der Waals surface area contributed by atoms with E-state index in [0.717, 1.165) is 5.56 Å². The van der Waals surface area contributed by atoms with Crippen molar-refractivity contribution in [3.8, 4) is 0 Å². The van der Waals surface area contributed by atoms with Crippen LogP contribution in [0.3, 0.4) is 0 Å². The lowest BCUT2D eigenvalue weighted by Crippen LogP contribution is -2.24. The van der Waals surface area contributed by atoms with Gasteiger partial charge in [-0.05, 0) is 30.8 Å². The first-order valence-corrected chi connectivity index (χ1v) is 8.04. The van der Waals surface area contributed by atoms with Crippen LogP contribution in [-0.4, -0.2) is 34.5 Å². The number of nitrogens with two attached hydrogens (primary N) is 1. The maximum atomic E-state index is 11.6. The van der Waals surface area contributed by atoms with Crippen LogP contribution < -0.4 is 16.4 Å². The van der Waals surface area contributed by atoms with E-state index in [0.29, 0.717) is 34.0 Å². The van der Waals surface area contributed by atoms with Crippen LogP contribution in [-0.2, 0) is 0 Å². The summed E-state index contributed by atoms with van der Waals surface area (Å²) in [5, 5.41) is 7.14. The van der Waals surface area contributed by atoms with E-state index >= 15 is 0 Å². The summed E-state index contributed by atoms with van der Waals surface area (Å²) in [6, 6.07) is 9.03. The topological polar surface area (TPSA) is 106 Å². The molecule has 25 heavy (non-hydrogen) atoms. The Balaban J connectivity index is 2.03. The number of amides is 1. The van der Waals surface area contributed by atoms with Crippen LogP contribution in [0.4, 0.5) is 5.82 Å². The zero-order valence-corrected chi connectivity index (χ0v) is 14.3. The summed E-state index contributed by atoms with van der Waals surface area (Å²) in [4.78, 5) is 24.3. The predicted molar refractivity (Wildman–Crippen MR) is 97.6 cm³/mol. The summed E-state index contributed by atoms with van der Waals surface area (Å²) in [5.41, 5.74) is 7.63. The minimum atomic E-state index is -0.557. The number of anilines is 1. The fourth-order valence-corrected chi connectivity index (χ4v) is 2.81. The molecule has 0 aliphatic carbocycles. The molecule has 8 heteroatoms. The lowest BCUT2D eigenvalue weighted by molar-refractivity contribution is 0.100. The quantitative estimate of drug-likeness (QED) is 0.625. The SMILES string of the molecule is CNC[C@@H](Nc1ncnc2c(C(N)=O)ccnc12)c1cccc(Cl)c1. The monoisotopic (exact) mass is 356 g/mol. The fraction of sp³-hybridized carbons (Fsp3) is 0.176. The molecule has 0 saturated heterocycles. The van der Waals surface area contributed by atoms with Gasteiger partial charge in [0.05, 0.1) is 11.6 Å². The van der Waals surface area contributed by atoms with Gasteiger partial charge in [-0.15, -0.1) is 0 Å². The van der Waals surface area contributed by atoms with Gasteiger partial charge in [0.25, 0.3) is 5.91 Å². The first-order valence-electron chi connectivity index (χ1n) is 7.66. The predicted octanol–water partition coefficient (Wildman–Crippen LogP) is 2.15. The van der Waals surface area contributed by atoms with E-state index in [4.69, 9.17) is 17.3 Å². The summed E-state index contributed by atoms with van der Waals surface area (Å²) < 4.78 is 0. The first-order chi connectivity index (χ1) is 12.1. The van der Waals surface area contributed by atoms with Crippen molar-refractivity contribution in [1.29, 1.82) is 0 Å². The van der Waals surface area contributed by atoms with Crippen LogP contribution in [0.15, 0.2) is 42.9 Å². The standard InChI is InChI=1S/C17H17ClN6O/c1-20-8-13(10-3-2-4-11(18)7-10)24-17-15-14(22-9-23-17)12(16(19)25)5-6-21-15/h2-7,9,13,20H,8H2,1H3,(H2,19,25)(H,22,23,24)/t13-/m1/s1. The smallest absolute Gasteiger partial charge is 0.251 e. The lowest BCUT2D eigenvalue weighted by atomic mass is 10.1. The number of hydrogen-bond donors (Lipinski definition) is 3. The number of rotatable bonds is 6. The minimum Gasteiger partial charge on any atom is -0.366 e. The molecule has 0 fully saturated rings. The van der Waals surface area contributed by atoms with Gasteiger partial charge in [0.2, 0.25) is 0 Å². The molecule has 2 heterocycles. The highest BCUT2D eigenvalue weighted by molar-refractivity contribution is 6.30. The molecule has 128 valence electrons. The minimum absolute atomic E-state index is 0.0964. The highest BCUT2D eigenvalue weighted by atomic mass is 35.5. The van der Waals surface area contributed by atoms with Crippen molar-refractivity contribution in [3.05, 3.63) is 59.0 Å². The number of pyridine rings is 1. The van der Waals surface area contributed by atoms with Crippen LogP contribution in [0.1, 0.15) is 22.0 Å². The number of aromatic nitrogens is 3. The van der Waals surface area contributed by atoms with Gasteiger partial charge >= 0.3 is 0 Å². The second-order valence-electron chi connectivity index (χ2n) is 5.45. The van der Waals surface area contributed by atoms with Crippen LogP contribution >= 0.6 is 11.6 Å². The molecule has 4 N–H and O–H groups in total. The molecule has 1 atom stereocenters. The number of hydrogen-bond acceptors (Lipinski definition) is 6. The second-order valence-corrected chi connectivity index (χ2v) is 5.89. The molecule has 0 radical (unpaired) electrons. The molecule has 0 spiro atoms. The van der Waals surface area contributed by atoms with Gasteiger partial charge in [-0.1, -0.05) is 23.7 Å². The third kappa shape index (κ3) is 3.67. The Labute approximate surface area is 149 Å². The summed E-state index contributed by atoms with van der Waals surface area (Å²) >= 11 is 6.11. The molecule has 1 amide bonds. The van der Waals surface area contributed by atoms with E-state index < -0.39 is 5.91 Å². The molecule has 2 aromatic heterocycles. The average Bonchev–Trinajstić information content (AvgIpc) is 2.61. The third-order valence-electron chi connectivity index (χ3n) is 3.76. The molecule has 0 aliphatic heterocycles. The van der Waals surface area contributed by atoms with Gasteiger partial charge < -0.3 is 16.4 Å². The maximum Gasteiger partial charge on any atom is 0.251 e. The number of likely N-dealkylation sites (N-methyl/N-ethyl adjacent to an activating group) is 1. The maximum absolute atomic E-state index is 11.6. The Morgan fingerprint density at radius 2 is 2.08 bits per heavy atom. The van der Waals surface area contributed by atoms with Crippen LogP contribution in [0.25, 0.3) is 11.0 Å². The molecule has 0 saturated carbocycles. The van der Waals surface area contributed by atoms with Crippen molar-refractivity contribution in [2.75, 3.05) is 18.9 Å². The van der Waals surface area contributed by atoms with E-state index in [-0.39, 0.29) is 6.04 Å². The zero-order chi connectivity index (χ0) is 17.8. The van der Waals surface area contributed by atoms with E-state index in [1.165, 1.54) is 12.5 Å². The first kappa shape index (κ1) is 17.1. The van der Waals surface area contributed by atoms with Gasteiger partial charge in [-0.3, -0.25) is 9.78 Å². The Bertz CT molecular complexity index is 917.